The van der Waals surface area contributed by atoms with Crippen LogP contribution in [-0.4, -0.2) is 11.3 Å². The van der Waals surface area contributed by atoms with Crippen molar-refractivity contribution in [2.24, 2.45) is 5.92 Å². The van der Waals surface area contributed by atoms with Crippen molar-refractivity contribution in [3.63, 3.8) is 0 Å². The first kappa shape index (κ1) is 9.84. The Hall–Kier alpha value is -1.70. The molecule has 0 N–H and O–H groups in total. The molecule has 1 aromatic rings. The van der Waals surface area contributed by atoms with E-state index in [9.17, 15) is 4.79 Å². The van der Waals surface area contributed by atoms with E-state index in [-0.39, 0.29) is 0 Å². The third kappa shape index (κ3) is 2.04. The van der Waals surface area contributed by atoms with Crippen LogP contribution in [0.15, 0.2) is 36.6 Å². The SMILES string of the molecule is CC1CC=CC=C1c1ccc(C=O)cn1. The third-order valence-corrected chi connectivity index (χ3v) is 2.65. The van der Waals surface area contributed by atoms with Crippen molar-refractivity contribution in [2.45, 2.75) is 13.3 Å². The lowest BCUT2D eigenvalue weighted by atomic mass is 9.91. The number of carbonyl (C=O) groups excluding carboxylic acids is 1. The van der Waals surface area contributed by atoms with Crippen molar-refractivity contribution >= 4 is 11.9 Å². The zero-order valence-corrected chi connectivity index (χ0v) is 8.68. The number of rotatable bonds is 2. The maximum Gasteiger partial charge on any atom is 0.151 e. The first-order valence-corrected chi connectivity index (χ1v) is 5.09. The highest BCUT2D eigenvalue weighted by Gasteiger charge is 2.12. The Morgan fingerprint density at radius 2 is 2.33 bits per heavy atom. The molecule has 0 amide bonds. The maximum atomic E-state index is 10.5. The minimum Gasteiger partial charge on any atom is -0.298 e. The first-order chi connectivity index (χ1) is 7.31. The molecule has 1 unspecified atom stereocenters. The van der Waals surface area contributed by atoms with Crippen LogP contribution >= 0.6 is 0 Å². The summed E-state index contributed by atoms with van der Waals surface area (Å²) in [5, 5.41) is 0. The molecule has 0 spiro atoms. The Labute approximate surface area is 89.3 Å². The van der Waals surface area contributed by atoms with Crippen molar-refractivity contribution < 1.29 is 4.79 Å². The molecule has 1 aliphatic carbocycles. The van der Waals surface area contributed by atoms with Gasteiger partial charge in [-0.1, -0.05) is 25.2 Å². The van der Waals surface area contributed by atoms with E-state index in [1.165, 1.54) is 5.57 Å². The molecule has 0 bridgehead atoms. The predicted octanol–water partition coefficient (Wildman–Crippen LogP) is 2.87. The standard InChI is InChI=1S/C13H13NO/c1-10-4-2-3-5-12(10)13-7-6-11(9-15)8-14-13/h2-3,5-10H,4H2,1H3. The second kappa shape index (κ2) is 4.22. The topological polar surface area (TPSA) is 30.0 Å². The lowest BCUT2D eigenvalue weighted by Gasteiger charge is -2.16. The van der Waals surface area contributed by atoms with Crippen LogP contribution in [0.25, 0.3) is 5.57 Å². The Morgan fingerprint density at radius 1 is 1.47 bits per heavy atom. The zero-order chi connectivity index (χ0) is 10.7. The quantitative estimate of drug-likeness (QED) is 0.685. The van der Waals surface area contributed by atoms with E-state index < -0.39 is 0 Å². The van der Waals surface area contributed by atoms with Crippen LogP contribution in [-0.2, 0) is 0 Å². The average Bonchev–Trinajstić information content (AvgIpc) is 2.30. The lowest BCUT2D eigenvalue weighted by Crippen LogP contribution is -2.02. The van der Waals surface area contributed by atoms with Gasteiger partial charge in [0.25, 0.3) is 0 Å². The molecule has 1 heterocycles. The van der Waals surface area contributed by atoms with Crippen LogP contribution in [0.2, 0.25) is 0 Å². The van der Waals surface area contributed by atoms with Crippen LogP contribution in [0.3, 0.4) is 0 Å². The molecule has 1 aliphatic rings. The van der Waals surface area contributed by atoms with E-state index in [1.807, 2.05) is 6.07 Å². The molecule has 1 atom stereocenters. The van der Waals surface area contributed by atoms with Gasteiger partial charge < -0.3 is 0 Å². The number of aldehydes is 1. The van der Waals surface area contributed by atoms with Gasteiger partial charge in [0.05, 0.1) is 5.69 Å². The van der Waals surface area contributed by atoms with Crippen LogP contribution in [0.5, 0.6) is 0 Å². The second-order valence-corrected chi connectivity index (χ2v) is 3.78. The van der Waals surface area contributed by atoms with Crippen LogP contribution in [0, 0.1) is 5.92 Å². The first-order valence-electron chi connectivity index (χ1n) is 5.09. The zero-order valence-electron chi connectivity index (χ0n) is 8.68. The molecule has 0 radical (unpaired) electrons. The van der Waals surface area contributed by atoms with Crippen molar-refractivity contribution in [3.05, 3.63) is 47.8 Å². The summed E-state index contributed by atoms with van der Waals surface area (Å²) in [6, 6.07) is 3.71. The summed E-state index contributed by atoms with van der Waals surface area (Å²) < 4.78 is 0. The molecule has 2 nitrogen and oxygen atoms in total. The molecule has 2 heteroatoms. The molecular weight excluding hydrogens is 186 g/mol. The van der Waals surface area contributed by atoms with E-state index >= 15 is 0 Å². The van der Waals surface area contributed by atoms with Crippen molar-refractivity contribution in [3.8, 4) is 0 Å². The fourth-order valence-corrected chi connectivity index (χ4v) is 1.73. The molecule has 76 valence electrons. The highest BCUT2D eigenvalue weighted by atomic mass is 16.1. The fourth-order valence-electron chi connectivity index (χ4n) is 1.73. The normalized spacial score (nSPS) is 19.8. The average molecular weight is 199 g/mol. The fraction of sp³-hybridized carbons (Fsp3) is 0.231. The van der Waals surface area contributed by atoms with Crippen molar-refractivity contribution in [1.29, 1.82) is 0 Å². The van der Waals surface area contributed by atoms with Crippen LogP contribution in [0.4, 0.5) is 0 Å². The van der Waals surface area contributed by atoms with Gasteiger partial charge in [0.2, 0.25) is 0 Å². The van der Waals surface area contributed by atoms with Crippen molar-refractivity contribution in [1.82, 2.24) is 4.98 Å². The van der Waals surface area contributed by atoms with Crippen LogP contribution in [0.1, 0.15) is 29.4 Å². The molecule has 0 aliphatic heterocycles. The number of pyridine rings is 1. The van der Waals surface area contributed by atoms with Gasteiger partial charge in [-0.2, -0.15) is 0 Å². The number of allylic oxidation sites excluding steroid dienone is 4. The van der Waals surface area contributed by atoms with Crippen molar-refractivity contribution in [2.75, 3.05) is 0 Å². The van der Waals surface area contributed by atoms with E-state index in [0.717, 1.165) is 18.4 Å². The van der Waals surface area contributed by atoms with Crippen LogP contribution < -0.4 is 0 Å². The Morgan fingerprint density at radius 3 is 2.93 bits per heavy atom. The summed E-state index contributed by atoms with van der Waals surface area (Å²) in [6.45, 7) is 2.19. The van der Waals surface area contributed by atoms with Gasteiger partial charge in [0.15, 0.2) is 6.29 Å². The largest absolute Gasteiger partial charge is 0.298 e. The Kier molecular flexibility index (Phi) is 2.77. The third-order valence-electron chi connectivity index (χ3n) is 2.65. The van der Waals surface area contributed by atoms with E-state index in [4.69, 9.17) is 0 Å². The minimum atomic E-state index is 0.504. The highest BCUT2D eigenvalue weighted by molar-refractivity contribution is 5.75. The molecular formula is C13H13NO. The van der Waals surface area contributed by atoms with Gasteiger partial charge in [0.1, 0.15) is 0 Å². The van der Waals surface area contributed by atoms with Gasteiger partial charge in [-0.05, 0) is 30.0 Å². The van der Waals surface area contributed by atoms with Gasteiger partial charge >= 0.3 is 0 Å². The highest BCUT2D eigenvalue weighted by Crippen LogP contribution is 2.27. The Bertz CT molecular complexity index is 415. The van der Waals surface area contributed by atoms with Gasteiger partial charge in [0, 0.05) is 11.8 Å². The van der Waals surface area contributed by atoms with Gasteiger partial charge in [-0.15, -0.1) is 0 Å². The Balaban J connectivity index is 2.32. The molecule has 15 heavy (non-hydrogen) atoms. The summed E-state index contributed by atoms with van der Waals surface area (Å²) in [4.78, 5) is 14.8. The summed E-state index contributed by atoms with van der Waals surface area (Å²) in [7, 11) is 0. The minimum absolute atomic E-state index is 0.504. The monoisotopic (exact) mass is 199 g/mol. The number of nitrogens with zero attached hydrogens (tertiary/aromatic N) is 1. The summed E-state index contributed by atoms with van der Waals surface area (Å²) in [6.07, 6.45) is 9.81. The number of hydrogen-bond donors (Lipinski definition) is 0. The molecule has 0 saturated carbocycles. The summed E-state index contributed by atoms with van der Waals surface area (Å²) in [5.74, 6) is 0.504. The number of hydrogen-bond acceptors (Lipinski definition) is 2. The van der Waals surface area contributed by atoms with E-state index in [1.54, 1.807) is 12.3 Å². The van der Waals surface area contributed by atoms with E-state index in [2.05, 4.69) is 30.1 Å². The lowest BCUT2D eigenvalue weighted by molar-refractivity contribution is 0.112. The number of aromatic nitrogens is 1. The molecule has 0 aromatic carbocycles. The maximum absolute atomic E-state index is 10.5. The molecule has 2 rings (SSSR count). The van der Waals surface area contributed by atoms with Gasteiger partial charge in [-0.25, -0.2) is 0 Å². The molecule has 0 saturated heterocycles. The van der Waals surface area contributed by atoms with Gasteiger partial charge in [-0.3, -0.25) is 9.78 Å². The smallest absolute Gasteiger partial charge is 0.151 e. The van der Waals surface area contributed by atoms with E-state index in [0.29, 0.717) is 11.5 Å². The summed E-state index contributed by atoms with van der Waals surface area (Å²) >= 11 is 0. The predicted molar refractivity (Wildman–Crippen MR) is 60.5 cm³/mol. The molecule has 0 fully saturated rings. The summed E-state index contributed by atoms with van der Waals surface area (Å²) in [5.41, 5.74) is 2.84. The second-order valence-electron chi connectivity index (χ2n) is 3.78. The number of carbonyl (C=O) groups is 1. The molecule has 1 aromatic heterocycles.